The minimum Gasteiger partial charge on any atom is -0.741 e. The first-order chi connectivity index (χ1) is 17.5. The number of fused-ring (bicyclic) bond motifs is 1. The minimum atomic E-state index is -6.09. The number of anilines is 1. The zero-order valence-electron chi connectivity index (χ0n) is 18.8. The number of thiophene rings is 1. The Bertz CT molecular complexity index is 1440. The summed E-state index contributed by atoms with van der Waals surface area (Å²) in [6.45, 7) is 2.74. The molecule has 0 aliphatic heterocycles. The molecule has 0 unspecified atom stereocenters. The van der Waals surface area contributed by atoms with Gasteiger partial charge in [-0.25, -0.2) is 13.4 Å². The number of nitrogens with zero attached hydrogens (tertiary/aromatic N) is 1. The second-order valence-corrected chi connectivity index (χ2v) is 13.8. The molecule has 2 aromatic heterocycles. The Balaban J connectivity index is 0.000000414. The molecule has 0 saturated heterocycles. The fraction of sp³-hybridized carbons (Fsp3) is 0.182. The molecule has 0 saturated carbocycles. The van der Waals surface area contributed by atoms with Gasteiger partial charge in [0.1, 0.15) is 5.75 Å². The maximum absolute atomic E-state index is 12.7. The summed E-state index contributed by atoms with van der Waals surface area (Å²) in [4.78, 5) is 17.2. The van der Waals surface area contributed by atoms with Crippen LogP contribution in [0, 0.1) is 6.45 Å². The van der Waals surface area contributed by atoms with Gasteiger partial charge in [0.15, 0.2) is 25.6 Å². The molecular weight excluding hydrogens is 668 g/mol. The standard InChI is InChI=1S/C21H17IN2O3S2.CHF3O3S/c1-2-26-13-27-16-8-9-17-18(12-16)29-21(23-17)24-20(25)14-5-3-6-15(11-14)22-19-7-4-10-28-19;2-1(3,4)8(5,6)7/h3-12H,2,13H2,1H3;(H,5,6,7). The smallest absolute Gasteiger partial charge is 0.485 e. The van der Waals surface area contributed by atoms with Crippen LogP contribution in [0.25, 0.3) is 10.2 Å². The molecule has 4 aromatic rings. The number of hydrogen-bond donors (Lipinski definition) is 1. The molecule has 0 atom stereocenters. The molecule has 2 aromatic carbocycles. The summed E-state index contributed by atoms with van der Waals surface area (Å²) in [5.74, 6) is 0.576. The molecule has 198 valence electrons. The van der Waals surface area contributed by atoms with E-state index in [2.05, 4.69) is 33.9 Å². The molecule has 0 bridgehead atoms. The van der Waals surface area contributed by atoms with Gasteiger partial charge in [-0.1, -0.05) is 28.7 Å². The van der Waals surface area contributed by atoms with Crippen molar-refractivity contribution >= 4 is 54.0 Å². The van der Waals surface area contributed by atoms with Crippen molar-refractivity contribution in [3.8, 4) is 5.75 Å². The number of alkyl halides is 3. The number of thiazole rings is 1. The van der Waals surface area contributed by atoms with E-state index in [1.807, 2.05) is 43.3 Å². The number of nitrogens with one attached hydrogen (secondary N) is 1. The number of rotatable bonds is 8. The Hall–Kier alpha value is -2.31. The molecule has 4 rings (SSSR count). The molecule has 0 radical (unpaired) electrons. The average molecular weight is 686 g/mol. The van der Waals surface area contributed by atoms with Crippen LogP contribution in [0.15, 0.2) is 60.0 Å². The van der Waals surface area contributed by atoms with Crippen LogP contribution < -0.4 is 31.3 Å². The van der Waals surface area contributed by atoms with E-state index >= 15 is 0 Å². The summed E-state index contributed by atoms with van der Waals surface area (Å²) in [5.41, 5.74) is -4.17. The lowest BCUT2D eigenvalue weighted by molar-refractivity contribution is -0.591. The third-order valence-electron chi connectivity index (χ3n) is 4.15. The van der Waals surface area contributed by atoms with E-state index < -0.39 is 15.6 Å². The lowest BCUT2D eigenvalue weighted by Crippen LogP contribution is -3.61. The van der Waals surface area contributed by atoms with Crippen molar-refractivity contribution in [3.63, 3.8) is 0 Å². The van der Waals surface area contributed by atoms with Crippen molar-refractivity contribution in [1.82, 2.24) is 4.98 Å². The molecule has 8 nitrogen and oxygen atoms in total. The molecular formula is C22H18F3IN2O6S3. The van der Waals surface area contributed by atoms with Crippen LogP contribution in [0.1, 0.15) is 17.3 Å². The Morgan fingerprint density at radius 1 is 1.16 bits per heavy atom. The maximum Gasteiger partial charge on any atom is 0.485 e. The van der Waals surface area contributed by atoms with Gasteiger partial charge < -0.3 is 14.0 Å². The van der Waals surface area contributed by atoms with Gasteiger partial charge in [-0.3, -0.25) is 10.1 Å². The van der Waals surface area contributed by atoms with Crippen molar-refractivity contribution in [2.75, 3.05) is 18.7 Å². The lowest BCUT2D eigenvalue weighted by Gasteiger charge is -2.08. The second-order valence-electron chi connectivity index (χ2n) is 6.78. The molecule has 0 aliphatic carbocycles. The molecule has 1 N–H and O–H groups in total. The minimum absolute atomic E-state index is 0.145. The predicted molar refractivity (Wildman–Crippen MR) is 129 cm³/mol. The summed E-state index contributed by atoms with van der Waals surface area (Å²) in [5, 5.41) is 5.59. The van der Waals surface area contributed by atoms with Gasteiger partial charge in [0, 0.05) is 24.3 Å². The van der Waals surface area contributed by atoms with Crippen molar-refractivity contribution < 1.29 is 61.6 Å². The predicted octanol–water partition coefficient (Wildman–Crippen LogP) is 2.16. The first kappa shape index (κ1) is 29.2. The van der Waals surface area contributed by atoms with Crippen molar-refractivity contribution in [2.24, 2.45) is 0 Å². The fourth-order valence-electron chi connectivity index (χ4n) is 2.52. The lowest BCUT2D eigenvalue weighted by atomic mass is 10.2. The van der Waals surface area contributed by atoms with Crippen LogP contribution in [-0.4, -0.2) is 42.8 Å². The Kier molecular flexibility index (Phi) is 10.3. The summed E-state index contributed by atoms with van der Waals surface area (Å²) < 4.78 is 73.2. The number of carbonyl (C=O) groups is 1. The van der Waals surface area contributed by atoms with E-state index in [1.54, 1.807) is 11.3 Å². The highest BCUT2D eigenvalue weighted by Gasteiger charge is 2.36. The quantitative estimate of drug-likeness (QED) is 0.0994. The third kappa shape index (κ3) is 8.89. The number of benzene rings is 2. The van der Waals surface area contributed by atoms with E-state index in [1.165, 1.54) is 17.8 Å². The van der Waals surface area contributed by atoms with Gasteiger partial charge in [-0.2, -0.15) is 13.2 Å². The zero-order valence-corrected chi connectivity index (χ0v) is 23.4. The summed E-state index contributed by atoms with van der Waals surface area (Å²) in [6.07, 6.45) is 0. The van der Waals surface area contributed by atoms with Crippen molar-refractivity contribution in [2.45, 2.75) is 12.4 Å². The van der Waals surface area contributed by atoms with Gasteiger partial charge in [-0.05, 0) is 48.7 Å². The molecule has 37 heavy (non-hydrogen) atoms. The largest absolute Gasteiger partial charge is 0.741 e. The number of carbonyl (C=O) groups excluding carboxylic acids is 1. The van der Waals surface area contributed by atoms with Gasteiger partial charge in [-0.15, -0.1) is 0 Å². The molecule has 0 fully saturated rings. The SMILES string of the molecule is CCOCOc1ccc2nc(NC(=O)c3cccc([I+]c4cccs4)c3)sc2c1.O=S(=O)([O-])C(F)(F)F. The number of aromatic nitrogens is 1. The third-order valence-corrected chi connectivity index (χ3v) is 9.77. The number of amides is 1. The number of halogens is 4. The molecule has 2 heterocycles. The molecule has 1 amide bonds. The zero-order chi connectivity index (χ0) is 27.1. The Morgan fingerprint density at radius 2 is 1.92 bits per heavy atom. The van der Waals surface area contributed by atoms with E-state index in [-0.39, 0.29) is 33.9 Å². The topological polar surface area (TPSA) is 118 Å². The van der Waals surface area contributed by atoms with Gasteiger partial charge >= 0.3 is 26.7 Å². The van der Waals surface area contributed by atoms with E-state index in [0.29, 0.717) is 17.3 Å². The molecule has 0 aliphatic rings. The summed E-state index contributed by atoms with van der Waals surface area (Å²) in [7, 11) is -6.09. The molecule has 0 spiro atoms. The van der Waals surface area contributed by atoms with Gasteiger partial charge in [0.05, 0.1) is 10.2 Å². The fourth-order valence-corrected chi connectivity index (χ4v) is 7.20. The Morgan fingerprint density at radius 3 is 2.57 bits per heavy atom. The van der Waals surface area contributed by atoms with Crippen LogP contribution >= 0.6 is 22.7 Å². The van der Waals surface area contributed by atoms with E-state index in [9.17, 15) is 18.0 Å². The van der Waals surface area contributed by atoms with Crippen LogP contribution in [0.4, 0.5) is 18.3 Å². The maximum atomic E-state index is 12.7. The Labute approximate surface area is 228 Å². The van der Waals surface area contributed by atoms with Crippen molar-refractivity contribution in [3.05, 3.63) is 72.0 Å². The first-order valence-corrected chi connectivity index (χ1v) is 15.5. The highest BCUT2D eigenvalue weighted by atomic mass is 127. The van der Waals surface area contributed by atoms with Gasteiger partial charge in [0.2, 0.25) is 2.88 Å². The monoisotopic (exact) mass is 686 g/mol. The summed E-state index contributed by atoms with van der Waals surface area (Å²) >= 11 is 2.93. The normalized spacial score (nSPS) is 11.6. The van der Waals surface area contributed by atoms with Crippen LogP contribution in [-0.2, 0) is 14.9 Å². The number of hydrogen-bond acceptors (Lipinski definition) is 9. The van der Waals surface area contributed by atoms with Gasteiger partial charge in [0.25, 0.3) is 5.91 Å². The highest BCUT2D eigenvalue weighted by molar-refractivity contribution is 7.86. The second kappa shape index (κ2) is 13.0. The first-order valence-electron chi connectivity index (χ1n) is 10.2. The van der Waals surface area contributed by atoms with E-state index in [0.717, 1.165) is 16.0 Å². The average Bonchev–Trinajstić information content (AvgIpc) is 3.47. The van der Waals surface area contributed by atoms with E-state index in [4.69, 9.17) is 22.4 Å². The van der Waals surface area contributed by atoms with Crippen molar-refractivity contribution in [1.29, 1.82) is 0 Å². The highest BCUT2D eigenvalue weighted by Crippen LogP contribution is 2.29. The summed E-state index contributed by atoms with van der Waals surface area (Å²) in [6, 6.07) is 17.7. The molecule has 15 heteroatoms. The number of ether oxygens (including phenoxy) is 2. The van der Waals surface area contributed by atoms with Crippen LogP contribution in [0.3, 0.4) is 0 Å². The van der Waals surface area contributed by atoms with Crippen LogP contribution in [0.2, 0.25) is 0 Å². The van der Waals surface area contributed by atoms with Crippen LogP contribution in [0.5, 0.6) is 5.75 Å².